The maximum absolute atomic E-state index is 13.7. The van der Waals surface area contributed by atoms with E-state index in [-0.39, 0.29) is 22.4 Å². The van der Waals surface area contributed by atoms with E-state index in [2.05, 4.69) is 71.4 Å². The molecule has 4 rings (SSSR count). The van der Waals surface area contributed by atoms with E-state index in [0.29, 0.717) is 19.4 Å². The number of ketones is 2. The molecule has 0 bridgehead atoms. The van der Waals surface area contributed by atoms with Gasteiger partial charge < -0.3 is 9.64 Å². The zero-order valence-electron chi connectivity index (χ0n) is 20.4. The Bertz CT molecular complexity index is 1040. The highest BCUT2D eigenvalue weighted by Gasteiger charge is 2.49. The molecule has 178 valence electrons. The van der Waals surface area contributed by atoms with Gasteiger partial charge in [0.2, 0.25) is 0 Å². The molecule has 0 spiro atoms. The molecule has 0 unspecified atom stereocenters. The molecule has 3 aliphatic rings. The summed E-state index contributed by atoms with van der Waals surface area (Å²) in [6.07, 6.45) is 3.47. The molecular formula is C27H33Br2NO3. The predicted molar refractivity (Wildman–Crippen MR) is 138 cm³/mol. The molecule has 0 radical (unpaired) electrons. The summed E-state index contributed by atoms with van der Waals surface area (Å²) in [5, 5.41) is 0. The Hall–Kier alpha value is -1.40. The molecule has 6 heteroatoms. The maximum atomic E-state index is 13.7. The Morgan fingerprint density at radius 3 is 1.94 bits per heavy atom. The third kappa shape index (κ3) is 4.50. The minimum atomic E-state index is -0.404. The number of carbonyl (C=O) groups is 2. The summed E-state index contributed by atoms with van der Waals surface area (Å²) < 4.78 is 7.94. The van der Waals surface area contributed by atoms with Crippen LogP contribution in [0.1, 0.15) is 78.2 Å². The summed E-state index contributed by atoms with van der Waals surface area (Å²) in [5.74, 6) is 0.599. The van der Waals surface area contributed by atoms with Crippen LogP contribution in [-0.2, 0) is 9.59 Å². The van der Waals surface area contributed by atoms with E-state index in [1.54, 1.807) is 0 Å². The van der Waals surface area contributed by atoms with E-state index in [9.17, 15) is 9.59 Å². The van der Waals surface area contributed by atoms with E-state index < -0.39 is 5.92 Å². The fourth-order valence-electron chi connectivity index (χ4n) is 5.63. The molecule has 2 aliphatic carbocycles. The summed E-state index contributed by atoms with van der Waals surface area (Å²) in [4.78, 5) is 29.6. The predicted octanol–water partition coefficient (Wildman–Crippen LogP) is 7.32. The lowest BCUT2D eigenvalue weighted by molar-refractivity contribution is -0.119. The van der Waals surface area contributed by atoms with E-state index >= 15 is 0 Å². The van der Waals surface area contributed by atoms with Gasteiger partial charge in [0, 0.05) is 58.4 Å². The van der Waals surface area contributed by atoms with Crippen LogP contribution in [0.15, 0.2) is 43.6 Å². The second-order valence-corrected chi connectivity index (χ2v) is 13.0. The van der Waals surface area contributed by atoms with Gasteiger partial charge in [0.05, 0.1) is 11.1 Å². The highest BCUT2D eigenvalue weighted by Crippen LogP contribution is 2.55. The third-order valence-corrected chi connectivity index (χ3v) is 8.03. The molecule has 1 aliphatic heterocycles. The van der Waals surface area contributed by atoms with Crippen LogP contribution < -0.4 is 4.74 Å². The van der Waals surface area contributed by atoms with Gasteiger partial charge in [-0.15, -0.1) is 0 Å². The number of nitrogens with zero attached hydrogens (tertiary/aromatic N) is 1. The lowest BCUT2D eigenvalue weighted by Gasteiger charge is -2.48. The quantitative estimate of drug-likeness (QED) is 0.375. The van der Waals surface area contributed by atoms with Crippen molar-refractivity contribution in [3.05, 3.63) is 49.2 Å². The lowest BCUT2D eigenvalue weighted by atomic mass is 9.63. The minimum Gasteiger partial charge on any atom is -0.492 e. The summed E-state index contributed by atoms with van der Waals surface area (Å²) in [6, 6.07) is 3.99. The topological polar surface area (TPSA) is 46.6 Å². The van der Waals surface area contributed by atoms with Gasteiger partial charge >= 0.3 is 0 Å². The molecule has 33 heavy (non-hydrogen) atoms. The standard InChI is InChI=1S/C27H33Br2NO3/c1-7-8-33-25-16(9-15(28)10-17(25)29)22-23-18(11-26(2,3)13-20(23)31)30(6)19-12-27(4,5)14-21(32)24(19)22/h9-10,22H,7-8,11-14H2,1-6H3. The van der Waals surface area contributed by atoms with Crippen LogP contribution in [0.4, 0.5) is 0 Å². The van der Waals surface area contributed by atoms with Crippen LogP contribution in [-0.4, -0.2) is 30.1 Å². The van der Waals surface area contributed by atoms with Gasteiger partial charge in [-0.2, -0.15) is 0 Å². The Balaban J connectivity index is 2.02. The number of benzene rings is 1. The van der Waals surface area contributed by atoms with Crippen LogP contribution in [0.25, 0.3) is 0 Å². The van der Waals surface area contributed by atoms with E-state index in [4.69, 9.17) is 4.74 Å². The lowest BCUT2D eigenvalue weighted by Crippen LogP contribution is -2.43. The smallest absolute Gasteiger partial charge is 0.162 e. The van der Waals surface area contributed by atoms with Crippen LogP contribution in [0.2, 0.25) is 0 Å². The van der Waals surface area contributed by atoms with Crippen molar-refractivity contribution in [3.8, 4) is 5.75 Å². The van der Waals surface area contributed by atoms with Gasteiger partial charge in [0.15, 0.2) is 11.6 Å². The molecule has 0 aromatic heterocycles. The first-order valence-electron chi connectivity index (χ1n) is 11.7. The first-order valence-corrected chi connectivity index (χ1v) is 13.3. The molecule has 0 saturated carbocycles. The van der Waals surface area contributed by atoms with Crippen LogP contribution in [0.3, 0.4) is 0 Å². The molecule has 0 atom stereocenters. The van der Waals surface area contributed by atoms with Crippen molar-refractivity contribution >= 4 is 43.4 Å². The summed E-state index contributed by atoms with van der Waals surface area (Å²) >= 11 is 7.32. The number of hydrogen-bond acceptors (Lipinski definition) is 4. The second-order valence-electron chi connectivity index (χ2n) is 11.2. The van der Waals surface area contributed by atoms with Crippen molar-refractivity contribution in [1.82, 2.24) is 4.90 Å². The van der Waals surface area contributed by atoms with Crippen LogP contribution >= 0.6 is 31.9 Å². The van der Waals surface area contributed by atoms with Crippen LogP contribution in [0, 0.1) is 10.8 Å². The third-order valence-electron chi connectivity index (χ3n) is 6.98. The first-order chi connectivity index (χ1) is 15.3. The molecule has 0 N–H and O–H groups in total. The monoisotopic (exact) mass is 577 g/mol. The fourth-order valence-corrected chi connectivity index (χ4v) is 7.00. The Labute approximate surface area is 214 Å². The second kappa shape index (κ2) is 8.67. The van der Waals surface area contributed by atoms with Crippen molar-refractivity contribution in [2.24, 2.45) is 10.8 Å². The number of ether oxygens (including phenoxy) is 1. The zero-order chi connectivity index (χ0) is 24.3. The van der Waals surface area contributed by atoms with Gasteiger partial charge in [-0.1, -0.05) is 50.5 Å². The molecule has 1 heterocycles. The normalized spacial score (nSPS) is 22.5. The largest absolute Gasteiger partial charge is 0.492 e. The minimum absolute atomic E-state index is 0.111. The summed E-state index contributed by atoms with van der Waals surface area (Å²) in [6.45, 7) is 11.3. The molecule has 0 fully saturated rings. The molecule has 1 aromatic rings. The Morgan fingerprint density at radius 2 is 1.45 bits per heavy atom. The maximum Gasteiger partial charge on any atom is 0.162 e. The van der Waals surface area contributed by atoms with E-state index in [1.165, 1.54) is 0 Å². The number of Topliss-reactive ketones (excluding diaryl/α,β-unsaturated/α-hetero) is 2. The number of halogens is 2. The Kier molecular flexibility index (Phi) is 6.50. The van der Waals surface area contributed by atoms with Gasteiger partial charge in [0.25, 0.3) is 0 Å². The first kappa shape index (κ1) is 24.7. The molecular weight excluding hydrogens is 546 g/mol. The highest BCUT2D eigenvalue weighted by atomic mass is 79.9. The zero-order valence-corrected chi connectivity index (χ0v) is 23.6. The van der Waals surface area contributed by atoms with Gasteiger partial charge in [-0.25, -0.2) is 0 Å². The van der Waals surface area contributed by atoms with E-state index in [0.717, 1.165) is 62.1 Å². The Morgan fingerprint density at radius 1 is 0.939 bits per heavy atom. The average Bonchev–Trinajstić information content (AvgIpc) is 2.67. The van der Waals surface area contributed by atoms with Crippen LogP contribution in [0.5, 0.6) is 5.75 Å². The van der Waals surface area contributed by atoms with Crippen molar-refractivity contribution in [2.75, 3.05) is 13.7 Å². The molecule has 0 saturated heterocycles. The van der Waals surface area contributed by atoms with Crippen molar-refractivity contribution in [1.29, 1.82) is 0 Å². The number of allylic oxidation sites excluding steroid dienone is 4. The fraction of sp³-hybridized carbons (Fsp3) is 0.556. The molecule has 4 nitrogen and oxygen atoms in total. The van der Waals surface area contributed by atoms with Gasteiger partial charge in [-0.3, -0.25) is 9.59 Å². The average molecular weight is 579 g/mol. The highest BCUT2D eigenvalue weighted by molar-refractivity contribution is 9.11. The van der Waals surface area contributed by atoms with E-state index in [1.807, 2.05) is 19.2 Å². The number of rotatable bonds is 4. The van der Waals surface area contributed by atoms with Gasteiger partial charge in [0.1, 0.15) is 5.75 Å². The van der Waals surface area contributed by atoms with Crippen molar-refractivity contribution < 1.29 is 14.3 Å². The molecule has 0 amide bonds. The number of hydrogen-bond donors (Lipinski definition) is 0. The van der Waals surface area contributed by atoms with Crippen molar-refractivity contribution in [2.45, 2.75) is 72.6 Å². The van der Waals surface area contributed by atoms with Gasteiger partial charge in [-0.05, 0) is 58.2 Å². The molecule has 1 aromatic carbocycles. The SMILES string of the molecule is CCCOc1c(Br)cc(Br)cc1C1C2=C(CC(C)(C)CC2=O)N(C)C2=C1C(=O)CC(C)(C)C2. The number of carbonyl (C=O) groups excluding carboxylic acids is 2. The summed E-state index contributed by atoms with van der Waals surface area (Å²) in [5.41, 5.74) is 4.33. The van der Waals surface area contributed by atoms with Crippen molar-refractivity contribution in [3.63, 3.8) is 0 Å². The summed E-state index contributed by atoms with van der Waals surface area (Å²) in [7, 11) is 2.04.